The van der Waals surface area contributed by atoms with Gasteiger partial charge < -0.3 is 4.74 Å². The fourth-order valence-corrected chi connectivity index (χ4v) is 2.68. The molecule has 0 fully saturated rings. The van der Waals surface area contributed by atoms with Crippen molar-refractivity contribution in [2.45, 2.75) is 40.7 Å². The third-order valence-electron chi connectivity index (χ3n) is 3.81. The van der Waals surface area contributed by atoms with E-state index in [1.165, 1.54) is 0 Å². The van der Waals surface area contributed by atoms with Crippen molar-refractivity contribution in [1.29, 1.82) is 0 Å². The minimum Gasteiger partial charge on any atom is -0.490 e. The second-order valence-corrected chi connectivity index (χ2v) is 6.52. The van der Waals surface area contributed by atoms with E-state index >= 15 is 0 Å². The van der Waals surface area contributed by atoms with Crippen LogP contribution in [-0.2, 0) is 0 Å². The van der Waals surface area contributed by atoms with Gasteiger partial charge in [-0.15, -0.1) is 0 Å². The quantitative estimate of drug-likeness (QED) is 0.872. The fourth-order valence-electron chi connectivity index (χ4n) is 2.68. The van der Waals surface area contributed by atoms with Crippen LogP contribution >= 0.6 is 0 Å². The average molecular weight is 298 g/mol. The van der Waals surface area contributed by atoms with Crippen LogP contribution in [0.1, 0.15) is 38.8 Å². The van der Waals surface area contributed by atoms with Gasteiger partial charge in [0.2, 0.25) is 0 Å². The van der Waals surface area contributed by atoms with E-state index in [4.69, 9.17) is 4.74 Å². The predicted molar refractivity (Wildman–Crippen MR) is 93.2 cm³/mol. The first-order chi connectivity index (χ1) is 10.4. The van der Waals surface area contributed by atoms with Gasteiger partial charge >= 0.3 is 0 Å². The molecular formula is C19H26N2O. The Hall–Kier alpha value is -2.03. The first-order valence-corrected chi connectivity index (χ1v) is 7.87. The molecule has 1 heterocycles. The lowest BCUT2D eigenvalue weighted by molar-refractivity contribution is 0.104. The van der Waals surface area contributed by atoms with E-state index in [-0.39, 0.29) is 6.10 Å². The molecule has 3 nitrogen and oxygen atoms in total. The van der Waals surface area contributed by atoms with E-state index in [0.29, 0.717) is 11.8 Å². The summed E-state index contributed by atoms with van der Waals surface area (Å²) in [4.78, 5) is 0. The minimum absolute atomic E-state index is 0.224. The largest absolute Gasteiger partial charge is 0.490 e. The molecule has 1 aliphatic heterocycles. The van der Waals surface area contributed by atoms with E-state index < -0.39 is 0 Å². The number of hydrogen-bond donors (Lipinski definition) is 1. The van der Waals surface area contributed by atoms with Crippen molar-refractivity contribution in [1.82, 2.24) is 5.43 Å². The zero-order chi connectivity index (χ0) is 16.3. The van der Waals surface area contributed by atoms with Gasteiger partial charge in [-0.2, -0.15) is 5.10 Å². The Morgan fingerprint density at radius 2 is 1.77 bits per heavy atom. The van der Waals surface area contributed by atoms with Gasteiger partial charge in [0.25, 0.3) is 0 Å². The molecule has 1 aliphatic rings. The summed E-state index contributed by atoms with van der Waals surface area (Å²) >= 11 is 0. The van der Waals surface area contributed by atoms with Crippen molar-refractivity contribution < 1.29 is 4.74 Å². The molecule has 0 aromatic heterocycles. The number of nitrogens with one attached hydrogen (secondary N) is 1. The molecule has 2 rings (SSSR count). The van der Waals surface area contributed by atoms with Crippen LogP contribution in [0.2, 0.25) is 0 Å². The van der Waals surface area contributed by atoms with Crippen molar-refractivity contribution in [3.8, 4) is 5.75 Å². The van der Waals surface area contributed by atoms with Crippen LogP contribution in [0.3, 0.4) is 0 Å². The summed E-state index contributed by atoms with van der Waals surface area (Å²) in [5.74, 6) is 1.92. The smallest absolute Gasteiger partial charge is 0.122 e. The maximum absolute atomic E-state index is 6.24. The Kier molecular flexibility index (Phi) is 5.07. The van der Waals surface area contributed by atoms with E-state index in [1.54, 1.807) is 0 Å². The molecule has 0 spiro atoms. The molecule has 0 atom stereocenters. The second-order valence-electron chi connectivity index (χ2n) is 6.52. The molecule has 1 aromatic carbocycles. The highest BCUT2D eigenvalue weighted by molar-refractivity contribution is 6.09. The summed E-state index contributed by atoms with van der Waals surface area (Å²) in [6.07, 6.45) is 4.12. The van der Waals surface area contributed by atoms with E-state index in [0.717, 1.165) is 28.3 Å². The third-order valence-corrected chi connectivity index (χ3v) is 3.81. The van der Waals surface area contributed by atoms with Crippen LogP contribution in [0.5, 0.6) is 5.75 Å². The van der Waals surface area contributed by atoms with Crippen molar-refractivity contribution >= 4 is 5.71 Å². The topological polar surface area (TPSA) is 33.6 Å². The normalized spacial score (nSPS) is 14.5. The van der Waals surface area contributed by atoms with E-state index in [2.05, 4.69) is 63.9 Å². The molecule has 0 saturated heterocycles. The number of aryl methyl sites for hydroxylation is 1. The zero-order valence-corrected chi connectivity index (χ0v) is 14.2. The Morgan fingerprint density at radius 3 is 2.27 bits per heavy atom. The Bertz CT molecular complexity index is 604. The van der Waals surface area contributed by atoms with E-state index in [1.807, 2.05) is 18.2 Å². The fraction of sp³-hybridized carbons (Fsp3) is 0.421. The van der Waals surface area contributed by atoms with Crippen molar-refractivity contribution in [3.05, 3.63) is 53.8 Å². The summed E-state index contributed by atoms with van der Waals surface area (Å²) < 4.78 is 6.24. The lowest BCUT2D eigenvalue weighted by Crippen LogP contribution is -2.29. The molecule has 118 valence electrons. The highest BCUT2D eigenvalue weighted by Crippen LogP contribution is 2.26. The van der Waals surface area contributed by atoms with Gasteiger partial charge in [0.05, 0.1) is 5.71 Å². The summed E-state index contributed by atoms with van der Waals surface area (Å²) in [7, 11) is 0. The van der Waals surface area contributed by atoms with Gasteiger partial charge in [-0.05, 0) is 54.7 Å². The molecule has 0 radical (unpaired) electrons. The molecule has 0 unspecified atom stereocenters. The Labute approximate surface area is 133 Å². The first-order valence-electron chi connectivity index (χ1n) is 7.87. The maximum atomic E-state index is 6.24. The van der Waals surface area contributed by atoms with Crippen molar-refractivity contribution in [2.24, 2.45) is 16.9 Å². The monoisotopic (exact) mass is 298 g/mol. The maximum Gasteiger partial charge on any atom is 0.122 e. The molecule has 0 saturated carbocycles. The molecule has 0 amide bonds. The van der Waals surface area contributed by atoms with Gasteiger partial charge in [0, 0.05) is 11.3 Å². The molecule has 0 bridgehead atoms. The molecular weight excluding hydrogens is 272 g/mol. The van der Waals surface area contributed by atoms with Crippen LogP contribution in [0, 0.1) is 18.8 Å². The summed E-state index contributed by atoms with van der Waals surface area (Å²) in [6.45, 7) is 14.7. The Morgan fingerprint density at radius 1 is 1.09 bits per heavy atom. The highest BCUT2D eigenvalue weighted by Gasteiger charge is 2.20. The number of hydrazone groups is 1. The number of allylic oxidation sites excluding steroid dienone is 2. The van der Waals surface area contributed by atoms with Crippen LogP contribution in [-0.4, -0.2) is 11.8 Å². The molecule has 1 aromatic rings. The SMILES string of the molecule is C=C1C=CC(c2ccc(OC(C(C)C)C(C)C)c(C)c2)=NN1. The molecule has 0 aliphatic carbocycles. The standard InChI is InChI=1S/C19H26N2O/c1-12(2)19(13(3)4)22-18-10-8-16(11-14(18)5)17-9-7-15(6)20-21-17/h7-13,19-20H,6H2,1-5H3. The second kappa shape index (κ2) is 6.82. The number of nitrogens with zero attached hydrogens (tertiary/aromatic N) is 1. The van der Waals surface area contributed by atoms with Crippen LogP contribution < -0.4 is 10.2 Å². The molecule has 1 N–H and O–H groups in total. The van der Waals surface area contributed by atoms with Crippen molar-refractivity contribution in [2.75, 3.05) is 0 Å². The van der Waals surface area contributed by atoms with Crippen LogP contribution in [0.4, 0.5) is 0 Å². The predicted octanol–water partition coefficient (Wildman–Crippen LogP) is 4.43. The average Bonchev–Trinajstić information content (AvgIpc) is 2.46. The third kappa shape index (κ3) is 3.79. The summed E-state index contributed by atoms with van der Waals surface area (Å²) in [6, 6.07) is 6.22. The lowest BCUT2D eigenvalue weighted by atomic mass is 9.96. The highest BCUT2D eigenvalue weighted by atomic mass is 16.5. The number of rotatable bonds is 5. The molecule has 3 heteroatoms. The zero-order valence-electron chi connectivity index (χ0n) is 14.2. The van der Waals surface area contributed by atoms with Gasteiger partial charge in [0.15, 0.2) is 0 Å². The number of hydrogen-bond acceptors (Lipinski definition) is 3. The van der Waals surface area contributed by atoms with Gasteiger partial charge in [-0.1, -0.05) is 34.3 Å². The first kappa shape index (κ1) is 16.3. The van der Waals surface area contributed by atoms with Gasteiger partial charge in [0.1, 0.15) is 11.9 Å². The van der Waals surface area contributed by atoms with Gasteiger partial charge in [-0.25, -0.2) is 0 Å². The molecule has 22 heavy (non-hydrogen) atoms. The number of benzene rings is 1. The lowest BCUT2D eigenvalue weighted by Gasteiger charge is -2.27. The van der Waals surface area contributed by atoms with Gasteiger partial charge in [-0.3, -0.25) is 5.43 Å². The van der Waals surface area contributed by atoms with Crippen LogP contribution in [0.15, 0.2) is 47.7 Å². The number of ether oxygens (including phenoxy) is 1. The summed E-state index contributed by atoms with van der Waals surface area (Å²) in [5, 5.41) is 4.31. The van der Waals surface area contributed by atoms with Crippen LogP contribution in [0.25, 0.3) is 0 Å². The summed E-state index contributed by atoms with van der Waals surface area (Å²) in [5.41, 5.74) is 6.82. The Balaban J connectivity index is 2.20. The van der Waals surface area contributed by atoms with E-state index in [9.17, 15) is 0 Å². The minimum atomic E-state index is 0.224. The van der Waals surface area contributed by atoms with Crippen molar-refractivity contribution in [3.63, 3.8) is 0 Å².